The molecule has 1 saturated carbocycles. The van der Waals surface area contributed by atoms with Gasteiger partial charge >= 0.3 is 0 Å². The molecule has 0 radical (unpaired) electrons. The fraction of sp³-hybridized carbons (Fsp3) is 0.458. The molecule has 35 heavy (non-hydrogen) atoms. The number of nitrogens with one attached hydrogen (secondary N) is 2. The van der Waals surface area contributed by atoms with Gasteiger partial charge in [0.25, 0.3) is 0 Å². The highest BCUT2D eigenvalue weighted by molar-refractivity contribution is 6.33. The van der Waals surface area contributed by atoms with E-state index in [4.69, 9.17) is 16.3 Å². The van der Waals surface area contributed by atoms with Gasteiger partial charge in [0.15, 0.2) is 17.2 Å². The lowest BCUT2D eigenvalue weighted by molar-refractivity contribution is -0.0296. The van der Waals surface area contributed by atoms with Crippen LogP contribution in [-0.2, 0) is 11.2 Å². The van der Waals surface area contributed by atoms with Crippen LogP contribution in [0.3, 0.4) is 0 Å². The molecule has 3 aromatic rings. The van der Waals surface area contributed by atoms with E-state index < -0.39 is 0 Å². The van der Waals surface area contributed by atoms with Crippen LogP contribution < -0.4 is 10.6 Å². The molecule has 5 rings (SSSR count). The first-order valence-corrected chi connectivity index (χ1v) is 12.1. The van der Waals surface area contributed by atoms with Crippen LogP contribution in [0, 0.1) is 22.7 Å². The molecule has 0 spiro atoms. The Morgan fingerprint density at radius 1 is 1.20 bits per heavy atom. The number of imidazole rings is 1. The molecule has 10 nitrogen and oxygen atoms in total. The van der Waals surface area contributed by atoms with Crippen LogP contribution in [0.4, 0.5) is 17.5 Å². The predicted molar refractivity (Wildman–Crippen MR) is 132 cm³/mol. The molecular weight excluding hydrogens is 466 g/mol. The number of rotatable bonds is 10. The number of anilines is 3. The van der Waals surface area contributed by atoms with Crippen molar-refractivity contribution in [2.45, 2.75) is 44.2 Å². The first-order valence-electron chi connectivity index (χ1n) is 11.7. The van der Waals surface area contributed by atoms with Gasteiger partial charge < -0.3 is 15.4 Å². The number of hydrogen-bond acceptors (Lipinski definition) is 9. The maximum Gasteiger partial charge on any atom is 0.247 e. The highest BCUT2D eigenvalue weighted by atomic mass is 35.5. The average molecular weight is 492 g/mol. The molecule has 1 aromatic carbocycles. The molecular formula is C24H26ClN9O. The number of aromatic nitrogens is 4. The number of benzene rings is 1. The molecule has 3 heterocycles. The Balaban J connectivity index is 1.30. The third-order valence-corrected chi connectivity index (χ3v) is 6.69. The molecule has 0 amide bonds. The standard InChI is InChI=1S/C24H26ClN9O/c1-35-19-13-33(14-19)7-3-2-4-15-8-20(25)21(9-16(15)10-26)30-24-31-22(29-17-5-6-17)23-28-12-18(11-27)34(23)32-24/h8-9,12,17,19H,2-7,13-14H2,1H3,(H2,29,30,31,32). The first kappa shape index (κ1) is 23.3. The van der Waals surface area contributed by atoms with Crippen molar-refractivity contribution < 1.29 is 4.74 Å². The van der Waals surface area contributed by atoms with E-state index in [-0.39, 0.29) is 5.95 Å². The van der Waals surface area contributed by atoms with Crippen LogP contribution in [-0.4, -0.2) is 63.4 Å². The SMILES string of the molecule is COC1CN(CCCCc2cc(Cl)c(Nc3nc(NC4CC4)c4ncc(C#N)n4n3)cc2C#N)C1. The van der Waals surface area contributed by atoms with Crippen LogP contribution >= 0.6 is 11.6 Å². The Labute approximate surface area is 208 Å². The maximum absolute atomic E-state index is 9.75. The number of fused-ring (bicyclic) bond motifs is 1. The first-order chi connectivity index (χ1) is 17.1. The smallest absolute Gasteiger partial charge is 0.247 e. The van der Waals surface area contributed by atoms with Gasteiger partial charge in [-0.15, -0.1) is 5.10 Å². The maximum atomic E-state index is 9.75. The fourth-order valence-corrected chi connectivity index (χ4v) is 4.41. The second-order valence-corrected chi connectivity index (χ2v) is 9.40. The number of nitriles is 2. The van der Waals surface area contributed by atoms with Crippen molar-refractivity contribution in [3.8, 4) is 12.1 Å². The zero-order valence-electron chi connectivity index (χ0n) is 19.5. The van der Waals surface area contributed by atoms with Gasteiger partial charge in [0.2, 0.25) is 5.95 Å². The Kier molecular flexibility index (Phi) is 6.69. The molecule has 0 atom stereocenters. The summed E-state index contributed by atoms with van der Waals surface area (Å²) in [6, 6.07) is 8.30. The largest absolute Gasteiger partial charge is 0.379 e. The highest BCUT2D eigenvalue weighted by Gasteiger charge is 2.26. The lowest BCUT2D eigenvalue weighted by atomic mass is 10.0. The Morgan fingerprint density at radius 3 is 2.74 bits per heavy atom. The van der Waals surface area contributed by atoms with E-state index in [0.717, 1.165) is 57.3 Å². The lowest BCUT2D eigenvalue weighted by Gasteiger charge is -2.38. The predicted octanol–water partition coefficient (Wildman–Crippen LogP) is 3.49. The lowest BCUT2D eigenvalue weighted by Crippen LogP contribution is -2.51. The topological polar surface area (TPSA) is 127 Å². The van der Waals surface area contributed by atoms with Gasteiger partial charge in [0.05, 0.1) is 34.6 Å². The molecule has 1 saturated heterocycles. The molecule has 11 heteroatoms. The van der Waals surface area contributed by atoms with Crippen molar-refractivity contribution in [2.75, 3.05) is 37.4 Å². The van der Waals surface area contributed by atoms with E-state index in [0.29, 0.717) is 45.6 Å². The third-order valence-electron chi connectivity index (χ3n) is 6.38. The van der Waals surface area contributed by atoms with Crippen molar-refractivity contribution in [3.63, 3.8) is 0 Å². The molecule has 2 aromatic heterocycles. The summed E-state index contributed by atoms with van der Waals surface area (Å²) in [5, 5.41) is 30.5. The van der Waals surface area contributed by atoms with E-state index in [1.54, 1.807) is 13.2 Å². The minimum Gasteiger partial charge on any atom is -0.379 e. The van der Waals surface area contributed by atoms with E-state index in [9.17, 15) is 10.5 Å². The second kappa shape index (κ2) is 10.0. The number of aryl methyl sites for hydroxylation is 1. The van der Waals surface area contributed by atoms with E-state index in [2.05, 4.69) is 42.7 Å². The van der Waals surface area contributed by atoms with Crippen LogP contribution in [0.2, 0.25) is 5.02 Å². The van der Waals surface area contributed by atoms with Gasteiger partial charge in [0.1, 0.15) is 6.07 Å². The minimum atomic E-state index is 0.262. The van der Waals surface area contributed by atoms with E-state index in [1.807, 2.05) is 6.07 Å². The number of likely N-dealkylation sites (tertiary alicyclic amines) is 1. The van der Waals surface area contributed by atoms with Gasteiger partial charge in [-0.3, -0.25) is 4.90 Å². The summed E-state index contributed by atoms with van der Waals surface area (Å²) in [6.07, 6.45) is 6.77. The number of hydrogen-bond donors (Lipinski definition) is 2. The third kappa shape index (κ3) is 5.15. The summed E-state index contributed by atoms with van der Waals surface area (Å²) in [5.74, 6) is 0.816. The zero-order valence-corrected chi connectivity index (χ0v) is 20.2. The number of halogens is 1. The Morgan fingerprint density at radius 2 is 2.03 bits per heavy atom. The van der Waals surface area contributed by atoms with Crippen molar-refractivity contribution in [1.29, 1.82) is 10.5 Å². The van der Waals surface area contributed by atoms with Gasteiger partial charge in [-0.25, -0.2) is 4.98 Å². The fourth-order valence-electron chi connectivity index (χ4n) is 4.18. The molecule has 180 valence electrons. The Bertz CT molecular complexity index is 1320. The van der Waals surface area contributed by atoms with Gasteiger partial charge in [0, 0.05) is 26.2 Å². The summed E-state index contributed by atoms with van der Waals surface area (Å²) in [7, 11) is 1.75. The molecule has 1 aliphatic carbocycles. The average Bonchev–Trinajstić information content (AvgIpc) is 3.55. The van der Waals surface area contributed by atoms with Crippen molar-refractivity contribution >= 4 is 34.7 Å². The van der Waals surface area contributed by atoms with Crippen LogP contribution in [0.25, 0.3) is 5.65 Å². The van der Waals surface area contributed by atoms with E-state index >= 15 is 0 Å². The molecule has 2 N–H and O–H groups in total. The number of nitrogens with zero attached hydrogens (tertiary/aromatic N) is 7. The monoisotopic (exact) mass is 491 g/mol. The summed E-state index contributed by atoms with van der Waals surface area (Å²) in [4.78, 5) is 11.2. The van der Waals surface area contributed by atoms with Gasteiger partial charge in [-0.1, -0.05) is 11.6 Å². The van der Waals surface area contributed by atoms with Crippen LogP contribution in [0.1, 0.15) is 42.5 Å². The Hall–Kier alpha value is -3.44. The summed E-state index contributed by atoms with van der Waals surface area (Å²) in [5.41, 5.74) is 2.83. The normalized spacial score (nSPS) is 16.0. The molecule has 2 fully saturated rings. The van der Waals surface area contributed by atoms with Crippen molar-refractivity contribution in [2.24, 2.45) is 0 Å². The van der Waals surface area contributed by atoms with Crippen LogP contribution in [0.15, 0.2) is 18.3 Å². The van der Waals surface area contributed by atoms with E-state index in [1.165, 1.54) is 10.7 Å². The zero-order chi connectivity index (χ0) is 24.4. The minimum absolute atomic E-state index is 0.262. The molecule has 2 aliphatic rings. The van der Waals surface area contributed by atoms with Crippen molar-refractivity contribution in [3.05, 3.63) is 40.2 Å². The second-order valence-electron chi connectivity index (χ2n) is 8.99. The van der Waals surface area contributed by atoms with Gasteiger partial charge in [-0.2, -0.15) is 20.0 Å². The highest BCUT2D eigenvalue weighted by Crippen LogP contribution is 2.31. The van der Waals surface area contributed by atoms with Crippen molar-refractivity contribution in [1.82, 2.24) is 24.5 Å². The molecule has 0 unspecified atom stereocenters. The molecule has 0 bridgehead atoms. The van der Waals surface area contributed by atoms with Gasteiger partial charge in [-0.05, 0) is 56.3 Å². The molecule has 1 aliphatic heterocycles. The summed E-state index contributed by atoms with van der Waals surface area (Å²) in [6.45, 7) is 3.02. The number of unbranched alkanes of at least 4 members (excludes halogenated alkanes) is 1. The summed E-state index contributed by atoms with van der Waals surface area (Å²) >= 11 is 6.59. The number of ether oxygens (including phenoxy) is 1. The van der Waals surface area contributed by atoms with Crippen LogP contribution in [0.5, 0.6) is 0 Å². The summed E-state index contributed by atoms with van der Waals surface area (Å²) < 4.78 is 6.77. The number of methoxy groups -OCH3 is 1. The quantitative estimate of drug-likeness (QED) is 0.409.